The van der Waals surface area contributed by atoms with E-state index in [4.69, 9.17) is 25.5 Å². The molecule has 0 atom stereocenters. The normalized spacial score (nSPS) is 11.9. The first-order valence-electron chi connectivity index (χ1n) is 5.11. The lowest BCUT2D eigenvalue weighted by atomic mass is 9.61. The summed E-state index contributed by atoms with van der Waals surface area (Å²) in [6, 6.07) is 8.35. The number of benzene rings is 1. The molecule has 0 fully saturated rings. The van der Waals surface area contributed by atoms with Crippen molar-refractivity contribution in [3.8, 4) is 0 Å². The Morgan fingerprint density at radius 1 is 1.28 bits per heavy atom. The Kier molecular flexibility index (Phi) is 4.37. The predicted molar refractivity (Wildman–Crippen MR) is 67.1 cm³/mol. The monoisotopic (exact) mass is 240 g/mol. The van der Waals surface area contributed by atoms with Crippen LogP contribution in [0.1, 0.15) is 12.5 Å². The molecule has 4 radical (unpaired) electrons. The summed E-state index contributed by atoms with van der Waals surface area (Å²) in [5, 5.41) is 6.70. The Morgan fingerprint density at radius 3 is 2.33 bits per heavy atom. The van der Waals surface area contributed by atoms with Crippen molar-refractivity contribution < 1.29 is 19.4 Å². The molecule has 88 valence electrons. The first-order valence-corrected chi connectivity index (χ1v) is 5.11. The standard InChI is InChI=1S/C12H10B2O4/c1-8(7-10(15)16)11(17)18-12(13,14)9-5-3-2-4-6-9/h2-7H,1H3,(H,15,16)/b8-7+. The number of esters is 1. The summed E-state index contributed by atoms with van der Waals surface area (Å²) in [6.07, 6.45) is 0.726. The van der Waals surface area contributed by atoms with Crippen molar-refractivity contribution in [3.05, 3.63) is 47.5 Å². The molecule has 0 saturated carbocycles. The van der Waals surface area contributed by atoms with Gasteiger partial charge in [-0.3, -0.25) is 0 Å². The zero-order chi connectivity index (χ0) is 13.8. The van der Waals surface area contributed by atoms with Crippen LogP contribution in [0.3, 0.4) is 0 Å². The van der Waals surface area contributed by atoms with Crippen LogP contribution in [0.2, 0.25) is 0 Å². The molecule has 0 saturated heterocycles. The third-order valence-corrected chi connectivity index (χ3v) is 2.15. The highest BCUT2D eigenvalue weighted by Crippen LogP contribution is 2.19. The van der Waals surface area contributed by atoms with E-state index in [0.29, 0.717) is 5.56 Å². The third-order valence-electron chi connectivity index (χ3n) is 2.15. The highest BCUT2D eigenvalue weighted by molar-refractivity contribution is 6.39. The van der Waals surface area contributed by atoms with Crippen molar-refractivity contribution in [2.45, 2.75) is 12.3 Å². The maximum absolute atomic E-state index is 11.6. The van der Waals surface area contributed by atoms with Gasteiger partial charge in [0.05, 0.1) is 5.40 Å². The first kappa shape index (κ1) is 14.1. The van der Waals surface area contributed by atoms with E-state index in [2.05, 4.69) is 0 Å². The molecule has 0 heterocycles. The van der Waals surface area contributed by atoms with Crippen molar-refractivity contribution in [2.24, 2.45) is 0 Å². The number of carbonyl (C=O) groups excluding carboxylic acids is 1. The van der Waals surface area contributed by atoms with Gasteiger partial charge in [-0.2, -0.15) is 0 Å². The van der Waals surface area contributed by atoms with Gasteiger partial charge in [0.25, 0.3) is 0 Å². The van der Waals surface area contributed by atoms with E-state index in [0.717, 1.165) is 6.08 Å². The van der Waals surface area contributed by atoms with Crippen LogP contribution >= 0.6 is 0 Å². The minimum atomic E-state index is -1.80. The molecular weight excluding hydrogens is 230 g/mol. The Balaban J connectivity index is 2.84. The average Bonchev–Trinajstić information content (AvgIpc) is 2.28. The summed E-state index contributed by atoms with van der Waals surface area (Å²) in [4.78, 5) is 22.0. The van der Waals surface area contributed by atoms with Crippen LogP contribution in [-0.2, 0) is 19.7 Å². The summed E-state index contributed by atoms with van der Waals surface area (Å²) in [5.74, 6) is -2.13. The van der Waals surface area contributed by atoms with Gasteiger partial charge in [0.15, 0.2) is 0 Å². The first-order chi connectivity index (χ1) is 8.33. The van der Waals surface area contributed by atoms with E-state index in [9.17, 15) is 9.59 Å². The van der Waals surface area contributed by atoms with Crippen LogP contribution in [0.25, 0.3) is 0 Å². The van der Waals surface area contributed by atoms with Crippen LogP contribution in [0, 0.1) is 0 Å². The zero-order valence-electron chi connectivity index (χ0n) is 9.79. The highest BCUT2D eigenvalue weighted by atomic mass is 16.5. The Hall–Kier alpha value is -1.97. The number of hydrogen-bond acceptors (Lipinski definition) is 3. The molecule has 6 heteroatoms. The molecule has 18 heavy (non-hydrogen) atoms. The molecule has 0 aliphatic rings. The van der Waals surface area contributed by atoms with Crippen LogP contribution in [0.5, 0.6) is 0 Å². The number of ether oxygens (including phenoxy) is 1. The van der Waals surface area contributed by atoms with Crippen molar-refractivity contribution in [2.75, 3.05) is 0 Å². The second kappa shape index (κ2) is 5.58. The van der Waals surface area contributed by atoms with E-state index in [-0.39, 0.29) is 5.57 Å². The topological polar surface area (TPSA) is 63.6 Å². The number of hydrogen-bond donors (Lipinski definition) is 1. The molecule has 1 rings (SSSR count). The maximum Gasteiger partial charge on any atom is 0.333 e. The summed E-state index contributed by atoms with van der Waals surface area (Å²) in [7, 11) is 11.3. The predicted octanol–water partition coefficient (Wildman–Crippen LogP) is 0.708. The van der Waals surface area contributed by atoms with Gasteiger partial charge in [0.2, 0.25) is 0 Å². The van der Waals surface area contributed by atoms with Crippen LogP contribution < -0.4 is 0 Å². The molecule has 0 aliphatic carbocycles. The van der Waals surface area contributed by atoms with E-state index in [1.165, 1.54) is 6.92 Å². The minimum absolute atomic E-state index is 0.0984. The van der Waals surface area contributed by atoms with Gasteiger partial charge >= 0.3 is 11.9 Å². The summed E-state index contributed by atoms with van der Waals surface area (Å²) in [6.45, 7) is 1.30. The number of carbonyl (C=O) groups is 2. The largest absolute Gasteiger partial charge is 0.478 e. The molecule has 1 aromatic carbocycles. The van der Waals surface area contributed by atoms with Crippen molar-refractivity contribution in [1.82, 2.24) is 0 Å². The highest BCUT2D eigenvalue weighted by Gasteiger charge is 2.24. The lowest BCUT2D eigenvalue weighted by Crippen LogP contribution is -2.33. The second-order valence-corrected chi connectivity index (χ2v) is 3.71. The summed E-state index contributed by atoms with van der Waals surface area (Å²) < 4.78 is 4.87. The van der Waals surface area contributed by atoms with Gasteiger partial charge < -0.3 is 9.84 Å². The van der Waals surface area contributed by atoms with Crippen LogP contribution in [0.4, 0.5) is 0 Å². The summed E-state index contributed by atoms with van der Waals surface area (Å²) in [5.41, 5.74) is 0.306. The van der Waals surface area contributed by atoms with E-state index in [1.54, 1.807) is 30.3 Å². The second-order valence-electron chi connectivity index (χ2n) is 3.71. The molecule has 4 nitrogen and oxygen atoms in total. The smallest absolute Gasteiger partial charge is 0.333 e. The molecule has 1 aromatic rings. The Labute approximate surface area is 107 Å². The summed E-state index contributed by atoms with van der Waals surface area (Å²) >= 11 is 0. The molecule has 1 N–H and O–H groups in total. The zero-order valence-corrected chi connectivity index (χ0v) is 9.79. The molecule has 0 spiro atoms. The van der Waals surface area contributed by atoms with E-state index in [1.807, 2.05) is 0 Å². The molecule has 0 bridgehead atoms. The molecule has 0 aromatic heterocycles. The number of carboxylic acids is 1. The van der Waals surface area contributed by atoms with Gasteiger partial charge in [0.1, 0.15) is 15.7 Å². The van der Waals surface area contributed by atoms with Gasteiger partial charge in [-0.15, -0.1) is 0 Å². The number of rotatable bonds is 4. The number of carboxylic acid groups (broad SMARTS) is 1. The lowest BCUT2D eigenvalue weighted by Gasteiger charge is -2.27. The van der Waals surface area contributed by atoms with Gasteiger partial charge in [-0.25, -0.2) is 9.59 Å². The molecule has 0 unspecified atom stereocenters. The SMILES string of the molecule is [B]C([B])(OC(=O)/C(C)=C/C(=O)O)c1ccccc1. The quantitative estimate of drug-likeness (QED) is 0.478. The van der Waals surface area contributed by atoms with Crippen molar-refractivity contribution >= 4 is 27.6 Å². The van der Waals surface area contributed by atoms with E-state index >= 15 is 0 Å². The molecule has 0 aliphatic heterocycles. The van der Waals surface area contributed by atoms with Crippen LogP contribution in [-0.4, -0.2) is 32.7 Å². The Morgan fingerprint density at radius 2 is 1.83 bits per heavy atom. The fourth-order valence-electron chi connectivity index (χ4n) is 1.24. The van der Waals surface area contributed by atoms with Gasteiger partial charge in [0, 0.05) is 11.6 Å². The molecule has 0 amide bonds. The van der Waals surface area contributed by atoms with Crippen LogP contribution in [0.15, 0.2) is 42.0 Å². The van der Waals surface area contributed by atoms with E-state index < -0.39 is 17.3 Å². The van der Waals surface area contributed by atoms with Crippen molar-refractivity contribution in [1.29, 1.82) is 0 Å². The maximum atomic E-state index is 11.6. The Bertz CT molecular complexity index is 480. The minimum Gasteiger partial charge on any atom is -0.478 e. The fourth-order valence-corrected chi connectivity index (χ4v) is 1.24. The number of aliphatic carboxylic acids is 1. The molecular formula is C12H10B2O4. The third kappa shape index (κ3) is 3.80. The average molecular weight is 240 g/mol. The van der Waals surface area contributed by atoms with Crippen molar-refractivity contribution in [3.63, 3.8) is 0 Å². The lowest BCUT2D eigenvalue weighted by molar-refractivity contribution is -0.144. The van der Waals surface area contributed by atoms with Gasteiger partial charge in [-0.05, 0) is 12.5 Å². The fraction of sp³-hybridized carbons (Fsp3) is 0.167. The van der Waals surface area contributed by atoms with Gasteiger partial charge in [-0.1, -0.05) is 30.3 Å².